The van der Waals surface area contributed by atoms with Gasteiger partial charge in [0, 0.05) is 0 Å². The number of carbonyl (C=O) groups is 2. The van der Waals surface area contributed by atoms with Crippen molar-refractivity contribution in [3.8, 4) is 12.8 Å². The van der Waals surface area contributed by atoms with E-state index in [1.807, 2.05) is 0 Å². The summed E-state index contributed by atoms with van der Waals surface area (Å²) in [7, 11) is 0. The molecule has 0 N–H and O–H groups in total. The van der Waals surface area contributed by atoms with Crippen molar-refractivity contribution in [2.45, 2.75) is 25.0 Å². The maximum Gasteiger partial charge on any atom is 0.320 e. The summed E-state index contributed by atoms with van der Waals surface area (Å²) in [5, 5.41) is 0. The van der Waals surface area contributed by atoms with Gasteiger partial charge in [0.2, 0.25) is 0 Å². The summed E-state index contributed by atoms with van der Waals surface area (Å²) in [5.41, 5.74) is 0. The van der Waals surface area contributed by atoms with Crippen LogP contribution in [0.15, 0.2) is 0 Å². The average molecular weight is 194 g/mol. The van der Waals surface area contributed by atoms with Crippen molar-refractivity contribution < 1.29 is 19.1 Å². The molecule has 2 unspecified atom stereocenters. The molecule has 0 amide bonds. The third kappa shape index (κ3) is 0.992. The first kappa shape index (κ1) is 9.22. The first-order chi connectivity index (χ1) is 6.77. The molecule has 3 rings (SSSR count). The standard InChI is InChI=1S/C8H8O4.C2H2/c9-7-5-3-1-2-4(11-3)6(5)8(10)12-7;1-2/h3-6H,1-2H2;1-2H/t3-,4+,5?,6?;. The van der Waals surface area contributed by atoms with Crippen molar-refractivity contribution in [3.05, 3.63) is 0 Å². The van der Waals surface area contributed by atoms with Crippen LogP contribution in [0.1, 0.15) is 12.8 Å². The van der Waals surface area contributed by atoms with E-state index in [4.69, 9.17) is 4.74 Å². The average Bonchev–Trinajstić information content (AvgIpc) is 2.84. The molecule has 3 aliphatic heterocycles. The first-order valence-electron chi connectivity index (χ1n) is 4.52. The summed E-state index contributed by atoms with van der Waals surface area (Å²) in [6.45, 7) is 0. The minimum absolute atomic E-state index is 0.0426. The Bertz CT molecular complexity index is 280. The number of fused-ring (bicyclic) bond motifs is 5. The highest BCUT2D eigenvalue weighted by Gasteiger charge is 2.61. The van der Waals surface area contributed by atoms with E-state index in [1.165, 1.54) is 0 Å². The van der Waals surface area contributed by atoms with Crippen LogP contribution in [0.5, 0.6) is 0 Å². The number of esters is 2. The molecule has 14 heavy (non-hydrogen) atoms. The molecule has 3 heterocycles. The molecule has 2 bridgehead atoms. The number of cyclic esters (lactones) is 2. The molecule has 74 valence electrons. The van der Waals surface area contributed by atoms with Crippen LogP contribution in [0.25, 0.3) is 0 Å². The second-order valence-electron chi connectivity index (χ2n) is 3.58. The quantitative estimate of drug-likeness (QED) is 0.312. The SMILES string of the molecule is C#C.O=C1OC(=O)C2C1[C@@H]1CC[C@H]2O1. The highest BCUT2D eigenvalue weighted by atomic mass is 16.6. The van der Waals surface area contributed by atoms with Gasteiger partial charge in [-0.15, -0.1) is 12.8 Å². The molecule has 0 saturated carbocycles. The second kappa shape index (κ2) is 3.10. The Labute approximate surface area is 81.6 Å². The van der Waals surface area contributed by atoms with Gasteiger partial charge in [-0.05, 0) is 12.8 Å². The zero-order valence-corrected chi connectivity index (χ0v) is 7.51. The normalized spacial score (nSPS) is 42.7. The summed E-state index contributed by atoms with van der Waals surface area (Å²) in [4.78, 5) is 22.3. The Kier molecular flexibility index (Phi) is 2.05. The summed E-state index contributed by atoms with van der Waals surface area (Å²) in [5.74, 6) is -1.32. The molecule has 0 radical (unpaired) electrons. The fraction of sp³-hybridized carbons (Fsp3) is 0.600. The number of rotatable bonds is 0. The Morgan fingerprint density at radius 3 is 1.86 bits per heavy atom. The minimum atomic E-state index is -0.378. The number of terminal acetylenes is 1. The van der Waals surface area contributed by atoms with Crippen LogP contribution in [0.3, 0.4) is 0 Å². The molecule has 3 saturated heterocycles. The van der Waals surface area contributed by atoms with Crippen LogP contribution in [0, 0.1) is 24.7 Å². The number of hydrogen-bond donors (Lipinski definition) is 0. The van der Waals surface area contributed by atoms with Gasteiger partial charge < -0.3 is 9.47 Å². The van der Waals surface area contributed by atoms with Gasteiger partial charge in [0.05, 0.1) is 24.0 Å². The van der Waals surface area contributed by atoms with Crippen molar-refractivity contribution >= 4 is 11.9 Å². The van der Waals surface area contributed by atoms with Crippen molar-refractivity contribution in [3.63, 3.8) is 0 Å². The lowest BCUT2D eigenvalue weighted by atomic mass is 9.81. The number of carbonyl (C=O) groups excluding carboxylic acids is 2. The molecule has 0 aromatic heterocycles. The third-order valence-corrected chi connectivity index (χ3v) is 3.02. The minimum Gasteiger partial charge on any atom is -0.393 e. The molecule has 0 aromatic carbocycles. The Hall–Kier alpha value is -1.34. The smallest absolute Gasteiger partial charge is 0.320 e. The largest absolute Gasteiger partial charge is 0.393 e. The van der Waals surface area contributed by atoms with Gasteiger partial charge in [0.1, 0.15) is 0 Å². The van der Waals surface area contributed by atoms with Crippen molar-refractivity contribution in [2.24, 2.45) is 11.8 Å². The predicted molar refractivity (Wildman–Crippen MR) is 45.9 cm³/mol. The molecule has 4 heteroatoms. The lowest BCUT2D eigenvalue weighted by Crippen LogP contribution is -2.29. The van der Waals surface area contributed by atoms with Crippen molar-refractivity contribution in [1.82, 2.24) is 0 Å². The maximum atomic E-state index is 11.1. The van der Waals surface area contributed by atoms with E-state index in [9.17, 15) is 9.59 Å². The lowest BCUT2D eigenvalue weighted by molar-refractivity contribution is -0.156. The van der Waals surface area contributed by atoms with E-state index in [1.54, 1.807) is 0 Å². The van der Waals surface area contributed by atoms with E-state index >= 15 is 0 Å². The number of ether oxygens (including phenoxy) is 2. The van der Waals surface area contributed by atoms with Gasteiger partial charge in [-0.1, -0.05) is 0 Å². The third-order valence-electron chi connectivity index (χ3n) is 3.02. The van der Waals surface area contributed by atoms with E-state index < -0.39 is 0 Å². The van der Waals surface area contributed by atoms with Crippen LogP contribution >= 0.6 is 0 Å². The summed E-state index contributed by atoms with van der Waals surface area (Å²) in [6.07, 6.45) is 9.71. The molecule has 4 atom stereocenters. The second-order valence-corrected chi connectivity index (χ2v) is 3.58. The van der Waals surface area contributed by atoms with Gasteiger partial charge in [-0.2, -0.15) is 0 Å². The zero-order chi connectivity index (χ0) is 10.3. The van der Waals surface area contributed by atoms with Crippen LogP contribution in [0.2, 0.25) is 0 Å². The van der Waals surface area contributed by atoms with Crippen molar-refractivity contribution in [1.29, 1.82) is 0 Å². The highest BCUT2D eigenvalue weighted by Crippen LogP contribution is 2.47. The zero-order valence-electron chi connectivity index (χ0n) is 7.51. The van der Waals surface area contributed by atoms with Gasteiger partial charge >= 0.3 is 11.9 Å². The van der Waals surface area contributed by atoms with Gasteiger partial charge in [-0.3, -0.25) is 9.59 Å². The Balaban J connectivity index is 0.000000354. The van der Waals surface area contributed by atoms with E-state index in [0.717, 1.165) is 12.8 Å². The Morgan fingerprint density at radius 1 is 1.00 bits per heavy atom. The molecular formula is C10H10O4. The highest BCUT2D eigenvalue weighted by molar-refractivity contribution is 5.97. The molecule has 4 nitrogen and oxygen atoms in total. The molecule has 0 spiro atoms. The molecule has 3 fully saturated rings. The van der Waals surface area contributed by atoms with Gasteiger partial charge in [-0.25, -0.2) is 0 Å². The maximum absolute atomic E-state index is 11.1. The molecule has 3 aliphatic rings. The van der Waals surface area contributed by atoms with E-state index in [-0.39, 0.29) is 36.0 Å². The first-order valence-corrected chi connectivity index (χ1v) is 4.52. The van der Waals surface area contributed by atoms with E-state index in [0.29, 0.717) is 0 Å². The number of hydrogen-bond acceptors (Lipinski definition) is 4. The van der Waals surface area contributed by atoms with E-state index in [2.05, 4.69) is 17.6 Å². The molecule has 0 aliphatic carbocycles. The summed E-state index contributed by atoms with van der Waals surface area (Å²) in [6, 6.07) is 0. The van der Waals surface area contributed by atoms with Crippen molar-refractivity contribution in [2.75, 3.05) is 0 Å². The lowest BCUT2D eigenvalue weighted by Gasteiger charge is -2.13. The van der Waals surface area contributed by atoms with Gasteiger partial charge in [0.25, 0.3) is 0 Å². The summed E-state index contributed by atoms with van der Waals surface area (Å²) < 4.78 is 10.0. The monoisotopic (exact) mass is 194 g/mol. The predicted octanol–water partition coefficient (Wildman–Crippen LogP) is 0.113. The fourth-order valence-electron chi connectivity index (χ4n) is 2.51. The Morgan fingerprint density at radius 2 is 1.43 bits per heavy atom. The molecule has 0 aromatic rings. The topological polar surface area (TPSA) is 52.6 Å². The van der Waals surface area contributed by atoms with Crippen LogP contribution in [0.4, 0.5) is 0 Å². The summed E-state index contributed by atoms with van der Waals surface area (Å²) >= 11 is 0. The van der Waals surface area contributed by atoms with Crippen LogP contribution < -0.4 is 0 Å². The fourth-order valence-corrected chi connectivity index (χ4v) is 2.51. The van der Waals surface area contributed by atoms with Gasteiger partial charge in [0.15, 0.2) is 0 Å². The van der Waals surface area contributed by atoms with Crippen LogP contribution in [-0.2, 0) is 19.1 Å². The van der Waals surface area contributed by atoms with Crippen LogP contribution in [-0.4, -0.2) is 24.1 Å². The molecular weight excluding hydrogens is 184 g/mol.